The largest absolute Gasteiger partial charge is 0.508 e. The number of nitrogens with two attached hydrogens (primary N) is 1. The van der Waals surface area contributed by atoms with Crippen LogP contribution in [0.5, 0.6) is 5.75 Å². The van der Waals surface area contributed by atoms with Crippen molar-refractivity contribution < 1.29 is 13.9 Å². The highest BCUT2D eigenvalue weighted by Crippen LogP contribution is 2.57. The van der Waals surface area contributed by atoms with Crippen molar-refractivity contribution in [2.45, 2.75) is 17.9 Å². The third-order valence-corrected chi connectivity index (χ3v) is 2.39. The Kier molecular flexibility index (Phi) is 1.43. The van der Waals surface area contributed by atoms with Gasteiger partial charge in [-0.25, -0.2) is 8.78 Å². The van der Waals surface area contributed by atoms with Crippen molar-refractivity contribution >= 4 is 0 Å². The number of hydrogen-bond acceptors (Lipinski definition) is 2. The average molecular weight is 185 g/mol. The van der Waals surface area contributed by atoms with E-state index in [9.17, 15) is 8.78 Å². The number of phenols is 1. The van der Waals surface area contributed by atoms with E-state index in [4.69, 9.17) is 10.8 Å². The van der Waals surface area contributed by atoms with Crippen LogP contribution in [0.2, 0.25) is 0 Å². The van der Waals surface area contributed by atoms with Gasteiger partial charge >= 0.3 is 0 Å². The molecule has 0 radical (unpaired) electrons. The summed E-state index contributed by atoms with van der Waals surface area (Å²) < 4.78 is 25.6. The van der Waals surface area contributed by atoms with Gasteiger partial charge in [-0.2, -0.15) is 0 Å². The van der Waals surface area contributed by atoms with Crippen molar-refractivity contribution in [3.05, 3.63) is 29.8 Å². The number of rotatable bonds is 1. The molecule has 1 aliphatic carbocycles. The van der Waals surface area contributed by atoms with E-state index in [1.54, 1.807) is 0 Å². The van der Waals surface area contributed by atoms with Crippen molar-refractivity contribution in [1.82, 2.24) is 0 Å². The van der Waals surface area contributed by atoms with Crippen molar-refractivity contribution in [2.75, 3.05) is 0 Å². The van der Waals surface area contributed by atoms with Gasteiger partial charge in [0.25, 0.3) is 5.92 Å². The molecule has 1 aromatic carbocycles. The monoisotopic (exact) mass is 185 g/mol. The summed E-state index contributed by atoms with van der Waals surface area (Å²) in [7, 11) is 0. The fourth-order valence-corrected chi connectivity index (χ4v) is 1.40. The van der Waals surface area contributed by atoms with Crippen LogP contribution in [0.3, 0.4) is 0 Å². The normalized spacial score (nSPS) is 30.1. The number of halogens is 2. The minimum absolute atomic E-state index is 0.0370. The summed E-state index contributed by atoms with van der Waals surface area (Å²) in [6.07, 6.45) is -0.344. The van der Waals surface area contributed by atoms with Gasteiger partial charge < -0.3 is 10.8 Å². The first-order valence-corrected chi connectivity index (χ1v) is 3.92. The average Bonchev–Trinajstić information content (AvgIpc) is 2.53. The van der Waals surface area contributed by atoms with Crippen LogP contribution in [-0.2, 0) is 5.54 Å². The zero-order chi connectivity index (χ0) is 9.69. The molecule has 1 saturated carbocycles. The number of benzene rings is 1. The van der Waals surface area contributed by atoms with E-state index in [1.165, 1.54) is 24.3 Å². The molecule has 0 aliphatic heterocycles. The van der Waals surface area contributed by atoms with E-state index >= 15 is 0 Å². The molecule has 1 atom stereocenters. The molecule has 3 N–H and O–H groups in total. The van der Waals surface area contributed by atoms with E-state index in [0.717, 1.165) is 0 Å². The summed E-state index contributed by atoms with van der Waals surface area (Å²) in [4.78, 5) is 0. The molecule has 0 aromatic heterocycles. The SMILES string of the molecule is NC1(c2cccc(O)c2)CC1(F)F. The molecule has 13 heavy (non-hydrogen) atoms. The maximum atomic E-state index is 12.8. The summed E-state index contributed by atoms with van der Waals surface area (Å²) in [6.45, 7) is 0. The van der Waals surface area contributed by atoms with Crippen LogP contribution in [0.1, 0.15) is 12.0 Å². The van der Waals surface area contributed by atoms with Gasteiger partial charge in [0.2, 0.25) is 0 Å². The molecule has 1 unspecified atom stereocenters. The lowest BCUT2D eigenvalue weighted by molar-refractivity contribution is 0.0891. The van der Waals surface area contributed by atoms with Gasteiger partial charge in [-0.05, 0) is 17.7 Å². The van der Waals surface area contributed by atoms with E-state index in [2.05, 4.69) is 0 Å². The Hall–Kier alpha value is -1.16. The number of hydrogen-bond donors (Lipinski definition) is 2. The molecule has 0 spiro atoms. The van der Waals surface area contributed by atoms with Crippen molar-refractivity contribution in [1.29, 1.82) is 0 Å². The van der Waals surface area contributed by atoms with E-state index < -0.39 is 11.5 Å². The first-order valence-electron chi connectivity index (χ1n) is 3.92. The number of phenolic OH excluding ortho intramolecular Hbond substituents is 1. The highest BCUT2D eigenvalue weighted by atomic mass is 19.3. The van der Waals surface area contributed by atoms with Gasteiger partial charge in [-0.3, -0.25) is 0 Å². The van der Waals surface area contributed by atoms with Gasteiger partial charge in [-0.15, -0.1) is 0 Å². The van der Waals surface area contributed by atoms with Gasteiger partial charge in [0.05, 0.1) is 0 Å². The first-order chi connectivity index (χ1) is 5.96. The fourth-order valence-electron chi connectivity index (χ4n) is 1.40. The van der Waals surface area contributed by atoms with Gasteiger partial charge in [0.1, 0.15) is 11.3 Å². The van der Waals surface area contributed by atoms with Crippen LogP contribution in [0.25, 0.3) is 0 Å². The fraction of sp³-hybridized carbons (Fsp3) is 0.333. The van der Waals surface area contributed by atoms with Gasteiger partial charge in [-0.1, -0.05) is 12.1 Å². The second kappa shape index (κ2) is 2.20. The summed E-state index contributed by atoms with van der Waals surface area (Å²) in [5.41, 5.74) is 4.18. The topological polar surface area (TPSA) is 46.2 Å². The first kappa shape index (κ1) is 8.44. The van der Waals surface area contributed by atoms with Gasteiger partial charge in [0.15, 0.2) is 0 Å². The van der Waals surface area contributed by atoms with E-state index in [1.807, 2.05) is 0 Å². The van der Waals surface area contributed by atoms with E-state index in [-0.39, 0.29) is 17.7 Å². The smallest absolute Gasteiger partial charge is 0.272 e. The predicted octanol–water partition coefficient (Wildman–Crippen LogP) is 1.59. The number of aromatic hydroxyl groups is 1. The highest BCUT2D eigenvalue weighted by molar-refractivity contribution is 5.39. The van der Waals surface area contributed by atoms with Crippen LogP contribution in [-0.4, -0.2) is 11.0 Å². The minimum atomic E-state index is -2.83. The van der Waals surface area contributed by atoms with E-state index in [0.29, 0.717) is 0 Å². The van der Waals surface area contributed by atoms with Crippen LogP contribution in [0.4, 0.5) is 8.78 Å². The second-order valence-electron chi connectivity index (χ2n) is 3.40. The molecule has 0 heterocycles. The Morgan fingerprint density at radius 2 is 2.00 bits per heavy atom. The lowest BCUT2D eigenvalue weighted by Crippen LogP contribution is -2.26. The Bertz CT molecular complexity index is 353. The third kappa shape index (κ3) is 1.09. The molecule has 0 amide bonds. The van der Waals surface area contributed by atoms with Crippen LogP contribution >= 0.6 is 0 Å². The maximum absolute atomic E-state index is 12.8. The Balaban J connectivity index is 2.38. The number of alkyl halides is 2. The zero-order valence-electron chi connectivity index (χ0n) is 6.80. The lowest BCUT2D eigenvalue weighted by atomic mass is 10.1. The van der Waals surface area contributed by atoms with Gasteiger partial charge in [0, 0.05) is 6.42 Å². The molecule has 2 rings (SSSR count). The summed E-state index contributed by atoms with van der Waals surface area (Å²) in [5.74, 6) is -2.87. The second-order valence-corrected chi connectivity index (χ2v) is 3.40. The lowest BCUT2D eigenvalue weighted by Gasteiger charge is -2.10. The zero-order valence-corrected chi connectivity index (χ0v) is 6.80. The Morgan fingerprint density at radius 3 is 2.46 bits per heavy atom. The molecular weight excluding hydrogens is 176 g/mol. The molecule has 0 saturated heterocycles. The maximum Gasteiger partial charge on any atom is 0.272 e. The van der Waals surface area contributed by atoms with Crippen LogP contribution in [0.15, 0.2) is 24.3 Å². The van der Waals surface area contributed by atoms with Crippen molar-refractivity contribution in [3.63, 3.8) is 0 Å². The van der Waals surface area contributed by atoms with Crippen LogP contribution in [0, 0.1) is 0 Å². The highest BCUT2D eigenvalue weighted by Gasteiger charge is 2.69. The standard InChI is InChI=1S/C9H9F2NO/c10-9(11)5-8(9,12)6-2-1-3-7(13)4-6/h1-4,13H,5,12H2. The molecule has 70 valence electrons. The quantitative estimate of drug-likeness (QED) is 0.697. The predicted molar refractivity (Wildman–Crippen MR) is 43.5 cm³/mol. The Labute approximate surface area is 74.0 Å². The molecule has 1 fully saturated rings. The van der Waals surface area contributed by atoms with Crippen LogP contribution < -0.4 is 5.73 Å². The molecule has 1 aliphatic rings. The Morgan fingerprint density at radius 1 is 1.38 bits per heavy atom. The summed E-state index contributed by atoms with van der Waals surface area (Å²) in [5, 5.41) is 9.07. The molecule has 2 nitrogen and oxygen atoms in total. The van der Waals surface area contributed by atoms with Crippen molar-refractivity contribution in [3.8, 4) is 5.75 Å². The van der Waals surface area contributed by atoms with Crippen molar-refractivity contribution in [2.24, 2.45) is 5.73 Å². The minimum Gasteiger partial charge on any atom is -0.508 e. The summed E-state index contributed by atoms with van der Waals surface area (Å²) >= 11 is 0. The molecule has 4 heteroatoms. The third-order valence-electron chi connectivity index (χ3n) is 2.39. The summed E-state index contributed by atoms with van der Waals surface area (Å²) in [6, 6.07) is 5.71. The molecular formula is C9H9F2NO. The molecule has 0 bridgehead atoms. The molecule has 1 aromatic rings.